The molecule has 0 aliphatic carbocycles. The highest BCUT2D eigenvalue weighted by atomic mass is 16.5. The van der Waals surface area contributed by atoms with E-state index in [1.54, 1.807) is 6.07 Å². The van der Waals surface area contributed by atoms with Crippen LogP contribution >= 0.6 is 0 Å². The van der Waals surface area contributed by atoms with E-state index in [1.807, 2.05) is 30.3 Å². The number of rotatable bonds is 6. The van der Waals surface area contributed by atoms with Crippen molar-refractivity contribution < 1.29 is 9.32 Å². The zero-order valence-corrected chi connectivity index (χ0v) is 17.5. The summed E-state index contributed by atoms with van der Waals surface area (Å²) in [5, 5.41) is 7.04. The molecule has 1 atom stereocenters. The molecule has 1 aliphatic heterocycles. The van der Waals surface area contributed by atoms with Gasteiger partial charge in [-0.05, 0) is 19.5 Å². The summed E-state index contributed by atoms with van der Waals surface area (Å²) in [5.74, 6) is 0.377. The van der Waals surface area contributed by atoms with Crippen molar-refractivity contribution in [2.24, 2.45) is 0 Å². The van der Waals surface area contributed by atoms with Crippen LogP contribution in [0.2, 0.25) is 0 Å². The quantitative estimate of drug-likeness (QED) is 0.683. The van der Waals surface area contributed by atoms with Gasteiger partial charge in [0.2, 0.25) is 0 Å². The number of benzene rings is 2. The predicted octanol–water partition coefficient (Wildman–Crippen LogP) is 3.37. The Morgan fingerprint density at radius 2 is 1.77 bits per heavy atom. The molecule has 2 heterocycles. The summed E-state index contributed by atoms with van der Waals surface area (Å²) in [4.78, 5) is 17.5. The Balaban J connectivity index is 1.46. The van der Waals surface area contributed by atoms with Crippen LogP contribution in [0, 0.1) is 6.92 Å². The maximum Gasteiger partial charge on any atom is 0.273 e. The van der Waals surface area contributed by atoms with Crippen LogP contribution in [0.25, 0.3) is 11.3 Å². The molecule has 0 saturated carbocycles. The van der Waals surface area contributed by atoms with E-state index >= 15 is 0 Å². The van der Waals surface area contributed by atoms with E-state index in [-0.39, 0.29) is 11.9 Å². The number of carbonyl (C=O) groups excluding carboxylic acids is 1. The van der Waals surface area contributed by atoms with E-state index in [2.05, 4.69) is 58.5 Å². The van der Waals surface area contributed by atoms with Gasteiger partial charge in [0.05, 0.1) is 6.04 Å². The number of nitrogens with zero attached hydrogens (tertiary/aromatic N) is 3. The third kappa shape index (κ3) is 4.78. The number of hydrogen-bond donors (Lipinski definition) is 1. The van der Waals surface area contributed by atoms with Gasteiger partial charge in [-0.3, -0.25) is 9.69 Å². The summed E-state index contributed by atoms with van der Waals surface area (Å²) in [6, 6.07) is 20.1. The minimum absolute atomic E-state index is 0.128. The Kier molecular flexibility index (Phi) is 6.26. The topological polar surface area (TPSA) is 61.6 Å². The third-order valence-corrected chi connectivity index (χ3v) is 5.70. The Morgan fingerprint density at radius 1 is 1.07 bits per heavy atom. The lowest BCUT2D eigenvalue weighted by Gasteiger charge is -2.38. The van der Waals surface area contributed by atoms with E-state index in [4.69, 9.17) is 4.52 Å². The molecule has 30 heavy (non-hydrogen) atoms. The number of aryl methyl sites for hydroxylation is 1. The normalized spacial score (nSPS) is 16.3. The lowest BCUT2D eigenvalue weighted by molar-refractivity contribution is 0.0878. The van der Waals surface area contributed by atoms with Gasteiger partial charge in [0.1, 0.15) is 0 Å². The average Bonchev–Trinajstić information content (AvgIpc) is 3.27. The Labute approximate surface area is 177 Å². The number of carbonyl (C=O) groups is 1. The lowest BCUT2D eigenvalue weighted by atomic mass is 10.0. The van der Waals surface area contributed by atoms with Gasteiger partial charge in [0, 0.05) is 44.4 Å². The van der Waals surface area contributed by atoms with Crippen LogP contribution in [-0.4, -0.2) is 60.6 Å². The standard InChI is InChI=1S/C24H28N4O2/c1-18-8-10-19(11-9-18)22(28-14-12-27(2)13-15-28)17-25-24(29)21-16-23(30-26-21)20-6-4-3-5-7-20/h3-11,16,22H,12-15,17H2,1-2H3,(H,25,29)/t22-/m0/s1. The first-order valence-corrected chi connectivity index (χ1v) is 10.4. The molecule has 4 rings (SSSR count). The summed E-state index contributed by atoms with van der Waals surface area (Å²) in [6.07, 6.45) is 0. The summed E-state index contributed by atoms with van der Waals surface area (Å²) < 4.78 is 5.38. The summed E-state index contributed by atoms with van der Waals surface area (Å²) in [7, 11) is 2.15. The molecule has 6 heteroatoms. The Bertz CT molecular complexity index is 960. The molecule has 0 bridgehead atoms. The number of piperazine rings is 1. The van der Waals surface area contributed by atoms with Crippen molar-refractivity contribution in [2.45, 2.75) is 13.0 Å². The fraction of sp³-hybridized carbons (Fsp3) is 0.333. The molecule has 2 aromatic carbocycles. The van der Waals surface area contributed by atoms with Crippen LogP contribution < -0.4 is 5.32 Å². The van der Waals surface area contributed by atoms with Crippen molar-refractivity contribution in [3.8, 4) is 11.3 Å². The largest absolute Gasteiger partial charge is 0.355 e. The Morgan fingerprint density at radius 3 is 2.47 bits per heavy atom. The lowest BCUT2D eigenvalue weighted by Crippen LogP contribution is -2.48. The van der Waals surface area contributed by atoms with Crippen molar-refractivity contribution in [1.29, 1.82) is 0 Å². The number of hydrogen-bond acceptors (Lipinski definition) is 5. The van der Waals surface area contributed by atoms with Crippen molar-refractivity contribution >= 4 is 5.91 Å². The zero-order chi connectivity index (χ0) is 20.9. The molecule has 156 valence electrons. The van der Waals surface area contributed by atoms with Crippen molar-refractivity contribution in [1.82, 2.24) is 20.3 Å². The van der Waals surface area contributed by atoms with Gasteiger partial charge in [0.25, 0.3) is 5.91 Å². The van der Waals surface area contributed by atoms with Crippen LogP contribution in [0.1, 0.15) is 27.7 Å². The minimum Gasteiger partial charge on any atom is -0.355 e. The van der Waals surface area contributed by atoms with Crippen LogP contribution in [0.5, 0.6) is 0 Å². The number of likely N-dealkylation sites (N-methyl/N-ethyl adjacent to an activating group) is 1. The highest BCUT2D eigenvalue weighted by Gasteiger charge is 2.25. The van der Waals surface area contributed by atoms with Gasteiger partial charge in [-0.2, -0.15) is 0 Å². The molecule has 6 nitrogen and oxygen atoms in total. The van der Waals surface area contributed by atoms with Crippen molar-refractivity contribution in [2.75, 3.05) is 39.8 Å². The van der Waals surface area contributed by atoms with Gasteiger partial charge < -0.3 is 14.7 Å². The van der Waals surface area contributed by atoms with Crippen LogP contribution in [0.3, 0.4) is 0 Å². The number of amides is 1. The van der Waals surface area contributed by atoms with E-state index in [9.17, 15) is 4.79 Å². The minimum atomic E-state index is -0.216. The van der Waals surface area contributed by atoms with Gasteiger partial charge in [-0.15, -0.1) is 0 Å². The molecule has 0 spiro atoms. The maximum atomic E-state index is 12.8. The molecular weight excluding hydrogens is 376 g/mol. The molecular formula is C24H28N4O2. The molecule has 1 amide bonds. The fourth-order valence-corrected chi connectivity index (χ4v) is 3.78. The second kappa shape index (κ2) is 9.24. The molecule has 1 aliphatic rings. The Hall–Kier alpha value is -2.96. The van der Waals surface area contributed by atoms with Gasteiger partial charge in [-0.1, -0.05) is 65.3 Å². The van der Waals surface area contributed by atoms with Crippen LogP contribution in [-0.2, 0) is 0 Å². The first-order valence-electron chi connectivity index (χ1n) is 10.4. The molecule has 1 N–H and O–H groups in total. The monoisotopic (exact) mass is 404 g/mol. The van der Waals surface area contributed by atoms with Gasteiger partial charge >= 0.3 is 0 Å². The first-order chi connectivity index (χ1) is 14.6. The van der Waals surface area contributed by atoms with Crippen molar-refractivity contribution in [3.05, 3.63) is 77.5 Å². The van der Waals surface area contributed by atoms with E-state index < -0.39 is 0 Å². The van der Waals surface area contributed by atoms with Gasteiger partial charge in [-0.25, -0.2) is 0 Å². The highest BCUT2D eigenvalue weighted by Crippen LogP contribution is 2.23. The number of aromatic nitrogens is 1. The second-order valence-electron chi connectivity index (χ2n) is 7.92. The molecule has 1 fully saturated rings. The maximum absolute atomic E-state index is 12.8. The number of nitrogens with one attached hydrogen (secondary N) is 1. The first kappa shape index (κ1) is 20.3. The van der Waals surface area contributed by atoms with Crippen molar-refractivity contribution in [3.63, 3.8) is 0 Å². The average molecular weight is 405 g/mol. The molecule has 3 aromatic rings. The fourth-order valence-electron chi connectivity index (χ4n) is 3.78. The third-order valence-electron chi connectivity index (χ3n) is 5.70. The summed E-state index contributed by atoms with van der Waals surface area (Å²) in [6.45, 7) is 6.63. The highest BCUT2D eigenvalue weighted by molar-refractivity contribution is 5.93. The zero-order valence-electron chi connectivity index (χ0n) is 17.5. The van der Waals surface area contributed by atoms with E-state index in [1.165, 1.54) is 11.1 Å². The molecule has 1 saturated heterocycles. The summed E-state index contributed by atoms with van der Waals surface area (Å²) in [5.41, 5.74) is 3.65. The SMILES string of the molecule is Cc1ccc([C@H](CNC(=O)c2cc(-c3ccccc3)on2)N2CCN(C)CC2)cc1. The molecule has 0 unspecified atom stereocenters. The second-order valence-corrected chi connectivity index (χ2v) is 7.92. The molecule has 1 aromatic heterocycles. The van der Waals surface area contributed by atoms with E-state index in [0.717, 1.165) is 31.7 Å². The summed E-state index contributed by atoms with van der Waals surface area (Å²) >= 11 is 0. The predicted molar refractivity (Wildman–Crippen MR) is 117 cm³/mol. The van der Waals surface area contributed by atoms with Gasteiger partial charge in [0.15, 0.2) is 11.5 Å². The smallest absolute Gasteiger partial charge is 0.273 e. The van der Waals surface area contributed by atoms with E-state index in [0.29, 0.717) is 18.0 Å². The van der Waals surface area contributed by atoms with Crippen LogP contribution in [0.15, 0.2) is 65.2 Å². The van der Waals surface area contributed by atoms with Crippen LogP contribution in [0.4, 0.5) is 0 Å². The molecule has 0 radical (unpaired) electrons.